The van der Waals surface area contributed by atoms with Gasteiger partial charge < -0.3 is 20.1 Å². The van der Waals surface area contributed by atoms with Gasteiger partial charge in [0.1, 0.15) is 11.5 Å². The van der Waals surface area contributed by atoms with E-state index in [1.807, 2.05) is 84.9 Å². The fraction of sp³-hybridized carbons (Fsp3) is 0.167. The Kier molecular flexibility index (Phi) is 5.57. The predicted octanol–water partition coefficient (Wildman–Crippen LogP) is 7.86. The average Bonchev–Trinajstić information content (AvgIpc) is 3.20. The molecule has 0 amide bonds. The molecule has 0 atom stereocenters. The molecule has 0 aliphatic carbocycles. The molecule has 6 rings (SSSR count). The Morgan fingerprint density at radius 3 is 2.19 bits per heavy atom. The normalized spacial score (nSPS) is 14.3. The average molecular weight is 497 g/mol. The molecule has 0 fully saturated rings. The molecular weight excluding hydrogens is 472 g/mol. The predicted molar refractivity (Wildman–Crippen MR) is 143 cm³/mol. The minimum atomic E-state index is -1.22. The first kappa shape index (κ1) is 22.5. The summed E-state index contributed by atoms with van der Waals surface area (Å²) in [5.41, 5.74) is 3.63. The first-order valence-electron chi connectivity index (χ1n) is 12.2. The molecule has 0 aromatic heterocycles. The number of carbonyl (C=O) groups is 1. The number of fused-ring (bicyclic) bond motifs is 6. The lowest BCUT2D eigenvalue weighted by Crippen LogP contribution is -2.33. The van der Waals surface area contributed by atoms with Crippen LogP contribution in [0.4, 0.5) is 17.1 Å². The van der Waals surface area contributed by atoms with E-state index in [9.17, 15) is 4.79 Å². The van der Waals surface area contributed by atoms with Crippen LogP contribution in [-0.4, -0.2) is 12.5 Å². The quantitative estimate of drug-likeness (QED) is 0.210. The zero-order valence-electron chi connectivity index (χ0n) is 19.8. The van der Waals surface area contributed by atoms with E-state index >= 15 is 0 Å². The minimum Gasteiger partial charge on any atom is -0.456 e. The van der Waals surface area contributed by atoms with Crippen LogP contribution in [0.5, 0.6) is 11.5 Å². The minimum absolute atomic E-state index is 0.400. The number of nitrogens with one attached hydrogen (secondary N) is 2. The Bertz CT molecular complexity index is 1420. The van der Waals surface area contributed by atoms with Gasteiger partial charge in [-0.3, -0.25) is 0 Å². The largest absolute Gasteiger partial charge is 0.456 e. The second kappa shape index (κ2) is 8.92. The van der Waals surface area contributed by atoms with Gasteiger partial charge in [-0.1, -0.05) is 79.5 Å². The Balaban J connectivity index is 1.67. The number of halogens is 1. The number of hydrogen-bond donors (Lipinski definition) is 2. The van der Waals surface area contributed by atoms with Crippen LogP contribution in [-0.2, 0) is 10.3 Å². The Morgan fingerprint density at radius 2 is 1.53 bits per heavy atom. The van der Waals surface area contributed by atoms with Crippen molar-refractivity contribution in [1.29, 1.82) is 0 Å². The number of benzene rings is 4. The van der Waals surface area contributed by atoms with E-state index in [1.165, 1.54) is 0 Å². The van der Waals surface area contributed by atoms with Gasteiger partial charge in [0, 0.05) is 28.9 Å². The number of unbranched alkanes of at least 4 members (excludes halogenated alkanes) is 1. The number of carbonyl (C=O) groups excluding carboxylic acids is 1. The molecule has 0 saturated carbocycles. The van der Waals surface area contributed by atoms with Crippen molar-refractivity contribution in [3.05, 3.63) is 112 Å². The molecule has 0 unspecified atom stereocenters. The Hall–Kier alpha value is -3.96. The molecule has 6 heteroatoms. The summed E-state index contributed by atoms with van der Waals surface area (Å²) in [6, 6.07) is 27.0. The van der Waals surface area contributed by atoms with Crippen LogP contribution in [0.2, 0.25) is 5.02 Å². The van der Waals surface area contributed by atoms with E-state index in [0.29, 0.717) is 39.0 Å². The van der Waals surface area contributed by atoms with E-state index in [1.54, 1.807) is 0 Å². The third-order valence-electron chi connectivity index (χ3n) is 6.72. The monoisotopic (exact) mass is 496 g/mol. The van der Waals surface area contributed by atoms with Crippen LogP contribution in [0.1, 0.15) is 46.8 Å². The van der Waals surface area contributed by atoms with Gasteiger partial charge in [-0.05, 0) is 36.8 Å². The van der Waals surface area contributed by atoms with Gasteiger partial charge in [-0.2, -0.15) is 0 Å². The Labute approximate surface area is 215 Å². The van der Waals surface area contributed by atoms with Gasteiger partial charge >= 0.3 is 5.97 Å². The summed E-state index contributed by atoms with van der Waals surface area (Å²) in [4.78, 5) is 13.8. The highest BCUT2D eigenvalue weighted by Crippen LogP contribution is 2.60. The van der Waals surface area contributed by atoms with Crippen LogP contribution in [0.15, 0.2) is 84.9 Å². The summed E-state index contributed by atoms with van der Waals surface area (Å²) in [5.74, 6) is 0.884. The smallest absolute Gasteiger partial charge is 0.342 e. The Morgan fingerprint density at radius 1 is 0.889 bits per heavy atom. The van der Waals surface area contributed by atoms with Gasteiger partial charge in [0.15, 0.2) is 5.60 Å². The highest BCUT2D eigenvalue weighted by Gasteiger charge is 2.56. The maximum atomic E-state index is 13.8. The van der Waals surface area contributed by atoms with Crippen molar-refractivity contribution >= 4 is 34.6 Å². The molecule has 2 N–H and O–H groups in total. The summed E-state index contributed by atoms with van der Waals surface area (Å²) in [7, 11) is 0. The summed E-state index contributed by atoms with van der Waals surface area (Å²) in [6.45, 7) is 2.85. The third kappa shape index (κ3) is 3.42. The maximum Gasteiger partial charge on any atom is 0.342 e. The summed E-state index contributed by atoms with van der Waals surface area (Å²) in [6.07, 6.45) is 2.00. The molecule has 0 bridgehead atoms. The highest BCUT2D eigenvalue weighted by molar-refractivity contribution is 6.34. The molecule has 2 heterocycles. The summed E-state index contributed by atoms with van der Waals surface area (Å²) < 4.78 is 12.7. The van der Waals surface area contributed by atoms with E-state index < -0.39 is 11.6 Å². The first-order valence-corrected chi connectivity index (χ1v) is 12.5. The standard InChI is InChI=1S/C30H25ClN2O3/c1-2-3-17-32-23-18-22(31)28(33-19-11-5-4-6-12-19)27-26(23)29(34)36-30(27)20-13-7-9-15-24(20)35-25-16-10-8-14-21(25)30/h4-16,18,32-33H,2-3,17H2,1H3. The summed E-state index contributed by atoms with van der Waals surface area (Å²) >= 11 is 6.98. The first-order chi connectivity index (χ1) is 17.6. The van der Waals surface area contributed by atoms with Crippen molar-refractivity contribution in [1.82, 2.24) is 0 Å². The van der Waals surface area contributed by atoms with Crippen molar-refractivity contribution in [2.24, 2.45) is 0 Å². The lowest BCUT2D eigenvalue weighted by molar-refractivity contribution is 0.0226. The molecule has 0 radical (unpaired) electrons. The van der Waals surface area contributed by atoms with Crippen molar-refractivity contribution in [2.75, 3.05) is 17.2 Å². The lowest BCUT2D eigenvalue weighted by atomic mass is 9.76. The molecular formula is C30H25ClN2O3. The van der Waals surface area contributed by atoms with Crippen molar-refractivity contribution in [3.63, 3.8) is 0 Å². The van der Waals surface area contributed by atoms with Gasteiger partial charge in [0.25, 0.3) is 0 Å². The number of hydrogen-bond acceptors (Lipinski definition) is 5. The highest BCUT2D eigenvalue weighted by atomic mass is 35.5. The van der Waals surface area contributed by atoms with Gasteiger partial charge in [0.2, 0.25) is 0 Å². The number of rotatable bonds is 6. The summed E-state index contributed by atoms with van der Waals surface area (Å²) in [5, 5.41) is 7.42. The van der Waals surface area contributed by atoms with Crippen molar-refractivity contribution in [2.45, 2.75) is 25.4 Å². The zero-order chi connectivity index (χ0) is 24.7. The van der Waals surface area contributed by atoms with Crippen LogP contribution >= 0.6 is 11.6 Å². The zero-order valence-corrected chi connectivity index (χ0v) is 20.6. The molecule has 0 saturated heterocycles. The second-order valence-electron chi connectivity index (χ2n) is 8.97. The number of para-hydroxylation sites is 3. The number of ether oxygens (including phenoxy) is 2. The molecule has 1 spiro atoms. The maximum absolute atomic E-state index is 13.8. The van der Waals surface area contributed by atoms with E-state index in [-0.39, 0.29) is 0 Å². The van der Waals surface area contributed by atoms with Gasteiger partial charge in [0.05, 0.1) is 22.0 Å². The van der Waals surface area contributed by atoms with Crippen LogP contribution in [0.3, 0.4) is 0 Å². The van der Waals surface area contributed by atoms with Crippen LogP contribution < -0.4 is 15.4 Å². The van der Waals surface area contributed by atoms with Crippen LogP contribution in [0, 0.1) is 0 Å². The van der Waals surface area contributed by atoms with Crippen molar-refractivity contribution in [3.8, 4) is 11.5 Å². The van der Waals surface area contributed by atoms with Crippen LogP contribution in [0.25, 0.3) is 0 Å². The molecule has 2 aliphatic rings. The SMILES string of the molecule is CCCCNc1cc(Cl)c(Nc2ccccc2)c2c1C(=O)OC21c2ccccc2Oc2ccccc21. The topological polar surface area (TPSA) is 59.6 Å². The molecule has 4 aromatic rings. The fourth-order valence-electron chi connectivity index (χ4n) is 5.12. The van der Waals surface area contributed by atoms with E-state index in [0.717, 1.165) is 36.2 Å². The molecule has 36 heavy (non-hydrogen) atoms. The van der Waals surface area contributed by atoms with Crippen molar-refractivity contribution < 1.29 is 14.3 Å². The van der Waals surface area contributed by atoms with E-state index in [2.05, 4.69) is 17.6 Å². The molecule has 5 nitrogen and oxygen atoms in total. The molecule has 180 valence electrons. The number of anilines is 3. The van der Waals surface area contributed by atoms with E-state index in [4.69, 9.17) is 21.1 Å². The molecule has 4 aromatic carbocycles. The van der Waals surface area contributed by atoms with Gasteiger partial charge in [-0.25, -0.2) is 4.79 Å². The lowest BCUT2D eigenvalue weighted by Gasteiger charge is -2.37. The third-order valence-corrected chi connectivity index (χ3v) is 7.02. The number of esters is 1. The second-order valence-corrected chi connectivity index (χ2v) is 9.37. The molecule has 2 aliphatic heterocycles. The fourth-order valence-corrected chi connectivity index (χ4v) is 5.37. The van der Waals surface area contributed by atoms with Gasteiger partial charge in [-0.15, -0.1) is 0 Å².